The van der Waals surface area contributed by atoms with Gasteiger partial charge in [0.2, 0.25) is 11.8 Å². The first-order valence-corrected chi connectivity index (χ1v) is 10.4. The number of hydrazone groups is 1. The minimum absolute atomic E-state index is 0.0862. The van der Waals surface area contributed by atoms with Crippen LogP contribution in [0.2, 0.25) is 0 Å². The van der Waals surface area contributed by atoms with Crippen molar-refractivity contribution in [2.45, 2.75) is 32.6 Å². The average Bonchev–Trinajstić information content (AvgIpc) is 3.07. The Bertz CT molecular complexity index is 1100. The highest BCUT2D eigenvalue weighted by molar-refractivity contribution is 6.22. The van der Waals surface area contributed by atoms with Crippen LogP contribution in [0.5, 0.6) is 0 Å². The predicted molar refractivity (Wildman–Crippen MR) is 117 cm³/mol. The van der Waals surface area contributed by atoms with Crippen LogP contribution in [0, 0.1) is 22.0 Å². The van der Waals surface area contributed by atoms with E-state index in [1.807, 2.05) is 0 Å². The van der Waals surface area contributed by atoms with Gasteiger partial charge in [-0.3, -0.25) is 29.4 Å². The third-order valence-corrected chi connectivity index (χ3v) is 6.05. The Balaban J connectivity index is 1.48. The van der Waals surface area contributed by atoms with E-state index >= 15 is 0 Å². The van der Waals surface area contributed by atoms with Crippen LogP contribution in [0.3, 0.4) is 0 Å². The van der Waals surface area contributed by atoms with Crippen molar-refractivity contribution in [3.8, 4) is 0 Å². The molecule has 1 heterocycles. The zero-order valence-corrected chi connectivity index (χ0v) is 17.5. The molecule has 2 aromatic rings. The highest BCUT2D eigenvalue weighted by Crippen LogP contribution is 2.40. The monoisotopic (exact) mass is 434 g/mol. The summed E-state index contributed by atoms with van der Waals surface area (Å²) in [7, 11) is 0. The number of para-hydroxylation sites is 1. The standard InChI is InChI=1S/C23H22N4O5/c1-14(24-25-21(28)19-8-4-5-9-20(19)27(31)32)15-10-12-16(13-11-15)26-22(29)17-6-2-3-7-18(17)23(26)30/h4-5,8-13,17-18H,2-3,6-7H2,1H3,(H,25,28)/b24-14+/t17-,18-/m0/s1. The summed E-state index contributed by atoms with van der Waals surface area (Å²) < 4.78 is 0. The molecule has 1 aliphatic carbocycles. The van der Waals surface area contributed by atoms with E-state index in [1.54, 1.807) is 31.2 Å². The number of anilines is 1. The molecule has 3 amide bonds. The van der Waals surface area contributed by atoms with E-state index in [4.69, 9.17) is 0 Å². The molecule has 164 valence electrons. The van der Waals surface area contributed by atoms with Crippen LogP contribution in [0.1, 0.15) is 48.5 Å². The summed E-state index contributed by atoms with van der Waals surface area (Å²) in [5.41, 5.74) is 3.61. The van der Waals surface area contributed by atoms with Crippen LogP contribution < -0.4 is 10.3 Å². The van der Waals surface area contributed by atoms with Gasteiger partial charge in [0, 0.05) is 6.07 Å². The molecule has 32 heavy (non-hydrogen) atoms. The van der Waals surface area contributed by atoms with E-state index in [0.29, 0.717) is 17.0 Å². The first-order chi connectivity index (χ1) is 15.4. The molecule has 0 unspecified atom stereocenters. The lowest BCUT2D eigenvalue weighted by molar-refractivity contribution is -0.385. The third kappa shape index (κ3) is 3.89. The fraction of sp³-hybridized carbons (Fsp3) is 0.304. The number of nitrogens with zero attached hydrogens (tertiary/aromatic N) is 3. The van der Waals surface area contributed by atoms with Crippen LogP contribution in [0.15, 0.2) is 53.6 Å². The summed E-state index contributed by atoms with van der Waals surface area (Å²) in [5, 5.41) is 15.1. The van der Waals surface area contributed by atoms with Gasteiger partial charge in [0.15, 0.2) is 0 Å². The van der Waals surface area contributed by atoms with E-state index in [2.05, 4.69) is 10.5 Å². The Morgan fingerprint density at radius 2 is 1.62 bits per heavy atom. The number of benzene rings is 2. The molecule has 1 aliphatic heterocycles. The zero-order valence-electron chi connectivity index (χ0n) is 17.5. The number of hydrogen-bond donors (Lipinski definition) is 1. The van der Waals surface area contributed by atoms with Gasteiger partial charge in [-0.15, -0.1) is 0 Å². The maximum absolute atomic E-state index is 12.7. The second-order valence-corrected chi connectivity index (χ2v) is 7.97. The Labute approximate surface area is 184 Å². The summed E-state index contributed by atoms with van der Waals surface area (Å²) in [6, 6.07) is 12.4. The average molecular weight is 434 g/mol. The zero-order chi connectivity index (χ0) is 22.8. The van der Waals surface area contributed by atoms with Crippen LogP contribution in [-0.2, 0) is 9.59 Å². The number of carbonyl (C=O) groups is 3. The third-order valence-electron chi connectivity index (χ3n) is 6.05. The number of imide groups is 1. The molecule has 0 radical (unpaired) electrons. The molecule has 9 heteroatoms. The molecule has 0 spiro atoms. The van der Waals surface area contributed by atoms with Crippen molar-refractivity contribution in [3.63, 3.8) is 0 Å². The largest absolute Gasteiger partial charge is 0.282 e. The van der Waals surface area contributed by atoms with Crippen molar-refractivity contribution in [1.29, 1.82) is 0 Å². The predicted octanol–water partition coefficient (Wildman–Crippen LogP) is 3.43. The van der Waals surface area contributed by atoms with Gasteiger partial charge in [0.05, 0.1) is 28.2 Å². The molecule has 2 fully saturated rings. The minimum atomic E-state index is -0.691. The van der Waals surface area contributed by atoms with Crippen LogP contribution in [0.25, 0.3) is 0 Å². The molecule has 1 N–H and O–H groups in total. The second kappa shape index (κ2) is 8.70. The van der Waals surface area contributed by atoms with Crippen molar-refractivity contribution >= 4 is 34.8 Å². The molecule has 1 saturated carbocycles. The van der Waals surface area contributed by atoms with Gasteiger partial charge in [0.25, 0.3) is 11.6 Å². The van der Waals surface area contributed by atoms with E-state index in [-0.39, 0.29) is 34.9 Å². The lowest BCUT2D eigenvalue weighted by atomic mass is 9.81. The lowest BCUT2D eigenvalue weighted by Gasteiger charge is -2.19. The number of hydrogen-bond acceptors (Lipinski definition) is 6. The van der Waals surface area contributed by atoms with Gasteiger partial charge in [-0.25, -0.2) is 5.43 Å². The molecule has 0 aromatic heterocycles. The molecule has 2 aromatic carbocycles. The molecule has 4 rings (SSSR count). The van der Waals surface area contributed by atoms with Crippen LogP contribution in [-0.4, -0.2) is 28.4 Å². The summed E-state index contributed by atoms with van der Waals surface area (Å²) in [5.74, 6) is -1.37. The van der Waals surface area contributed by atoms with E-state index in [9.17, 15) is 24.5 Å². The summed E-state index contributed by atoms with van der Waals surface area (Å²) in [6.45, 7) is 1.68. The molecule has 2 atom stereocenters. The Morgan fingerprint density at radius 3 is 2.22 bits per heavy atom. The fourth-order valence-electron chi connectivity index (χ4n) is 4.35. The lowest BCUT2D eigenvalue weighted by Crippen LogP contribution is -2.30. The number of nitrogens with one attached hydrogen (secondary N) is 1. The van der Waals surface area contributed by atoms with Crippen molar-refractivity contribution in [1.82, 2.24) is 5.43 Å². The van der Waals surface area contributed by atoms with Crippen molar-refractivity contribution in [2.24, 2.45) is 16.9 Å². The molecular formula is C23H22N4O5. The fourth-order valence-corrected chi connectivity index (χ4v) is 4.35. The van der Waals surface area contributed by atoms with Gasteiger partial charge >= 0.3 is 0 Å². The van der Waals surface area contributed by atoms with Crippen molar-refractivity contribution in [3.05, 3.63) is 69.8 Å². The maximum Gasteiger partial charge on any atom is 0.282 e. The minimum Gasteiger partial charge on any atom is -0.274 e. The number of amides is 3. The SMILES string of the molecule is C/C(=N\NC(=O)c1ccccc1[N+](=O)[O-])c1ccc(N2C(=O)[C@H]3CCCC[C@@H]3C2=O)cc1. The van der Waals surface area contributed by atoms with E-state index < -0.39 is 10.8 Å². The number of carbonyl (C=O) groups excluding carboxylic acids is 3. The smallest absolute Gasteiger partial charge is 0.274 e. The summed E-state index contributed by atoms with van der Waals surface area (Å²) in [6.07, 6.45) is 3.46. The quantitative estimate of drug-likeness (QED) is 0.334. The first kappa shape index (κ1) is 21.4. The van der Waals surface area contributed by atoms with Crippen LogP contribution in [0.4, 0.5) is 11.4 Å². The second-order valence-electron chi connectivity index (χ2n) is 7.97. The first-order valence-electron chi connectivity index (χ1n) is 10.4. The number of nitro benzene ring substituents is 1. The summed E-state index contributed by atoms with van der Waals surface area (Å²) in [4.78, 5) is 49.6. The molecular weight excluding hydrogens is 412 g/mol. The van der Waals surface area contributed by atoms with Gasteiger partial charge < -0.3 is 0 Å². The Morgan fingerprint density at radius 1 is 1.03 bits per heavy atom. The summed E-state index contributed by atoms with van der Waals surface area (Å²) >= 11 is 0. The highest BCUT2D eigenvalue weighted by Gasteiger charge is 2.48. The van der Waals surface area contributed by atoms with E-state index in [1.165, 1.54) is 29.2 Å². The normalized spacial score (nSPS) is 20.8. The van der Waals surface area contributed by atoms with Crippen molar-refractivity contribution in [2.75, 3.05) is 4.90 Å². The van der Waals surface area contributed by atoms with E-state index in [0.717, 1.165) is 25.7 Å². The molecule has 1 saturated heterocycles. The molecule has 0 bridgehead atoms. The van der Waals surface area contributed by atoms with Gasteiger partial charge in [-0.1, -0.05) is 37.1 Å². The van der Waals surface area contributed by atoms with Gasteiger partial charge in [0.1, 0.15) is 5.56 Å². The number of rotatable bonds is 5. The number of fused-ring (bicyclic) bond motifs is 1. The number of nitro groups is 1. The van der Waals surface area contributed by atoms with Crippen LogP contribution >= 0.6 is 0 Å². The molecule has 9 nitrogen and oxygen atoms in total. The maximum atomic E-state index is 12.7. The Kier molecular flexibility index (Phi) is 5.81. The molecule has 2 aliphatic rings. The van der Waals surface area contributed by atoms with Crippen molar-refractivity contribution < 1.29 is 19.3 Å². The van der Waals surface area contributed by atoms with Gasteiger partial charge in [-0.2, -0.15) is 5.10 Å². The highest BCUT2D eigenvalue weighted by atomic mass is 16.6. The van der Waals surface area contributed by atoms with Gasteiger partial charge in [-0.05, 0) is 43.5 Å². The Hall–Kier alpha value is -3.88. The topological polar surface area (TPSA) is 122 Å².